The van der Waals surface area contributed by atoms with E-state index in [1.807, 2.05) is 20.8 Å². The number of aliphatic imine (C=N–C) groups is 1. The molecule has 0 saturated heterocycles. The summed E-state index contributed by atoms with van der Waals surface area (Å²) in [5.74, 6) is 0.972. The molecule has 2 aromatic rings. The molecule has 1 aliphatic rings. The zero-order valence-electron chi connectivity index (χ0n) is 17.1. The Morgan fingerprint density at radius 3 is 2.34 bits per heavy atom. The predicted molar refractivity (Wildman–Crippen MR) is 110 cm³/mol. The van der Waals surface area contributed by atoms with E-state index in [-0.39, 0.29) is 18.4 Å². The fourth-order valence-corrected chi connectivity index (χ4v) is 3.34. The molecule has 154 valence electrons. The smallest absolute Gasteiger partial charge is 0.261 e. The van der Waals surface area contributed by atoms with Crippen LogP contribution in [0.5, 0.6) is 0 Å². The zero-order valence-corrected chi connectivity index (χ0v) is 17.1. The van der Waals surface area contributed by atoms with Crippen LogP contribution in [0.3, 0.4) is 0 Å². The van der Waals surface area contributed by atoms with Crippen molar-refractivity contribution < 1.29 is 14.1 Å². The number of hydrogen-bond acceptors (Lipinski definition) is 5. The minimum absolute atomic E-state index is 0.251. The van der Waals surface area contributed by atoms with E-state index in [1.54, 1.807) is 24.3 Å². The second-order valence-corrected chi connectivity index (χ2v) is 6.67. The van der Waals surface area contributed by atoms with Gasteiger partial charge in [0.1, 0.15) is 5.76 Å². The molecule has 0 radical (unpaired) electrons. The van der Waals surface area contributed by atoms with Crippen molar-refractivity contribution in [2.45, 2.75) is 40.2 Å². The maximum absolute atomic E-state index is 12.4. The molecule has 3 rings (SSSR count). The van der Waals surface area contributed by atoms with Crippen molar-refractivity contribution in [3.05, 3.63) is 52.4 Å². The van der Waals surface area contributed by atoms with Crippen molar-refractivity contribution in [1.29, 1.82) is 0 Å². The third-order valence-electron chi connectivity index (χ3n) is 4.85. The normalized spacial score (nSPS) is 13.8. The number of rotatable bonds is 8. The maximum atomic E-state index is 12.4. The van der Waals surface area contributed by atoms with Crippen LogP contribution in [0.1, 0.15) is 58.5 Å². The number of guanidine groups is 1. The average Bonchev–Trinajstić information content (AvgIpc) is 3.25. The van der Waals surface area contributed by atoms with Gasteiger partial charge in [-0.2, -0.15) is 0 Å². The van der Waals surface area contributed by atoms with Crippen LogP contribution in [0.15, 0.2) is 33.8 Å². The minimum atomic E-state index is -0.251. The van der Waals surface area contributed by atoms with Gasteiger partial charge < -0.3 is 15.2 Å². The van der Waals surface area contributed by atoms with Gasteiger partial charge in [0.15, 0.2) is 5.96 Å². The lowest BCUT2D eigenvalue weighted by molar-refractivity contribution is 0.0657. The van der Waals surface area contributed by atoms with Gasteiger partial charge in [-0.3, -0.25) is 14.5 Å². The molecule has 0 unspecified atom stereocenters. The van der Waals surface area contributed by atoms with E-state index in [2.05, 4.69) is 20.8 Å². The molecule has 0 atom stereocenters. The van der Waals surface area contributed by atoms with Gasteiger partial charge in [0, 0.05) is 31.6 Å². The van der Waals surface area contributed by atoms with Crippen molar-refractivity contribution in [1.82, 2.24) is 20.7 Å². The molecule has 1 aromatic heterocycles. The Morgan fingerprint density at radius 1 is 1.07 bits per heavy atom. The van der Waals surface area contributed by atoms with Crippen molar-refractivity contribution in [3.63, 3.8) is 0 Å². The zero-order chi connectivity index (χ0) is 20.8. The van der Waals surface area contributed by atoms with Gasteiger partial charge >= 0.3 is 0 Å². The van der Waals surface area contributed by atoms with E-state index >= 15 is 0 Å². The molecule has 8 nitrogen and oxygen atoms in total. The Balaban J connectivity index is 1.62. The molecule has 0 saturated carbocycles. The topological polar surface area (TPSA) is 99.8 Å². The number of benzene rings is 1. The number of amides is 2. The first-order chi connectivity index (χ1) is 14.1. The van der Waals surface area contributed by atoms with Crippen LogP contribution < -0.4 is 10.6 Å². The van der Waals surface area contributed by atoms with Crippen molar-refractivity contribution in [3.8, 4) is 0 Å². The summed E-state index contributed by atoms with van der Waals surface area (Å²) in [7, 11) is 0. The predicted octanol–water partition coefficient (Wildman–Crippen LogP) is 2.15. The minimum Gasteiger partial charge on any atom is -0.361 e. The summed E-state index contributed by atoms with van der Waals surface area (Å²) in [5.41, 5.74) is 2.87. The third-order valence-corrected chi connectivity index (χ3v) is 4.85. The molecule has 0 aliphatic carbocycles. The number of aryl methyl sites for hydroxylation is 2. The van der Waals surface area contributed by atoms with Gasteiger partial charge in [0.05, 0.1) is 23.4 Å². The van der Waals surface area contributed by atoms with Crippen LogP contribution in [-0.4, -0.2) is 47.5 Å². The van der Waals surface area contributed by atoms with Crippen LogP contribution in [0.4, 0.5) is 0 Å². The van der Waals surface area contributed by atoms with Crippen molar-refractivity contribution in [2.75, 3.05) is 19.6 Å². The molecule has 0 spiro atoms. The first-order valence-corrected chi connectivity index (χ1v) is 10.0. The highest BCUT2D eigenvalue weighted by Gasteiger charge is 2.34. The highest BCUT2D eigenvalue weighted by atomic mass is 16.5. The number of fused-ring (bicyclic) bond motifs is 1. The molecule has 1 aliphatic heterocycles. The summed E-state index contributed by atoms with van der Waals surface area (Å²) in [6.07, 6.45) is 1.56. The maximum Gasteiger partial charge on any atom is 0.261 e. The van der Waals surface area contributed by atoms with E-state index in [9.17, 15) is 9.59 Å². The second kappa shape index (κ2) is 9.36. The van der Waals surface area contributed by atoms with E-state index in [4.69, 9.17) is 4.52 Å². The van der Waals surface area contributed by atoms with E-state index in [0.717, 1.165) is 29.9 Å². The van der Waals surface area contributed by atoms with Crippen LogP contribution >= 0.6 is 0 Å². The second-order valence-electron chi connectivity index (χ2n) is 6.67. The molecular formula is C21H27N5O3. The standard InChI is InChI=1S/C21H27N5O3/c1-4-17-16(18(5-2)29-25-17)13-24-21(22-6-3)23-11-12-26-19(27)14-9-7-8-10-15(14)20(26)28/h7-10H,4-6,11-13H2,1-3H3,(H2,22,23,24). The average molecular weight is 397 g/mol. The summed E-state index contributed by atoms with van der Waals surface area (Å²) < 4.78 is 5.39. The summed E-state index contributed by atoms with van der Waals surface area (Å²) in [5, 5.41) is 10.5. The van der Waals surface area contributed by atoms with Crippen LogP contribution in [0.25, 0.3) is 0 Å². The highest BCUT2D eigenvalue weighted by Crippen LogP contribution is 2.21. The highest BCUT2D eigenvalue weighted by molar-refractivity contribution is 6.21. The van der Waals surface area contributed by atoms with E-state index < -0.39 is 0 Å². The van der Waals surface area contributed by atoms with Crippen molar-refractivity contribution >= 4 is 17.8 Å². The fourth-order valence-electron chi connectivity index (χ4n) is 3.34. The Bertz CT molecular complexity index is 862. The molecular weight excluding hydrogens is 370 g/mol. The van der Waals surface area contributed by atoms with Gasteiger partial charge in [-0.1, -0.05) is 31.1 Å². The Morgan fingerprint density at radius 2 is 1.76 bits per heavy atom. The number of nitrogens with zero attached hydrogens (tertiary/aromatic N) is 3. The Hall–Kier alpha value is -3.16. The molecule has 8 heteroatoms. The lowest BCUT2D eigenvalue weighted by Crippen LogP contribution is -2.43. The summed E-state index contributed by atoms with van der Waals surface area (Å²) in [6, 6.07) is 6.90. The Labute approximate surface area is 170 Å². The summed E-state index contributed by atoms with van der Waals surface area (Å²) in [6.45, 7) is 7.87. The molecule has 0 fully saturated rings. The SMILES string of the molecule is CCNC(=NCc1c(CC)noc1CC)NCCN1C(=O)c2ccccc2C1=O. The van der Waals surface area contributed by atoms with E-state index in [0.29, 0.717) is 36.7 Å². The molecule has 1 aromatic carbocycles. The number of imide groups is 1. The number of carbonyl (C=O) groups excluding carboxylic acids is 2. The largest absolute Gasteiger partial charge is 0.361 e. The first kappa shape index (κ1) is 20.6. The van der Waals surface area contributed by atoms with E-state index in [1.165, 1.54) is 4.90 Å². The quantitative estimate of drug-likeness (QED) is 0.402. The first-order valence-electron chi connectivity index (χ1n) is 10.0. The Kier molecular flexibility index (Phi) is 6.64. The molecule has 0 bridgehead atoms. The number of aromatic nitrogens is 1. The number of nitrogens with one attached hydrogen (secondary N) is 2. The van der Waals surface area contributed by atoms with Gasteiger partial charge in [-0.25, -0.2) is 4.99 Å². The van der Waals surface area contributed by atoms with Crippen LogP contribution in [0.2, 0.25) is 0 Å². The van der Waals surface area contributed by atoms with Crippen molar-refractivity contribution in [2.24, 2.45) is 4.99 Å². The lowest BCUT2D eigenvalue weighted by Gasteiger charge is -2.16. The fraction of sp³-hybridized carbons (Fsp3) is 0.429. The summed E-state index contributed by atoms with van der Waals surface area (Å²) >= 11 is 0. The molecule has 29 heavy (non-hydrogen) atoms. The molecule has 2 N–H and O–H groups in total. The third kappa shape index (κ3) is 4.31. The monoisotopic (exact) mass is 397 g/mol. The molecule has 2 amide bonds. The number of hydrogen-bond donors (Lipinski definition) is 2. The van der Waals surface area contributed by atoms with Gasteiger partial charge in [0.25, 0.3) is 11.8 Å². The van der Waals surface area contributed by atoms with Gasteiger partial charge in [-0.15, -0.1) is 0 Å². The molecule has 2 heterocycles. The van der Waals surface area contributed by atoms with Gasteiger partial charge in [0.2, 0.25) is 0 Å². The van der Waals surface area contributed by atoms with Crippen LogP contribution in [-0.2, 0) is 19.4 Å². The summed E-state index contributed by atoms with van der Waals surface area (Å²) in [4.78, 5) is 30.8. The van der Waals surface area contributed by atoms with Crippen LogP contribution in [0, 0.1) is 0 Å². The number of carbonyl (C=O) groups is 2. The lowest BCUT2D eigenvalue weighted by atomic mass is 10.1. The van der Waals surface area contributed by atoms with Gasteiger partial charge in [-0.05, 0) is 25.5 Å².